The van der Waals surface area contributed by atoms with E-state index in [0.29, 0.717) is 17.2 Å². The molecular weight excluding hydrogens is 440 g/mol. The first-order chi connectivity index (χ1) is 15.3. The van der Waals surface area contributed by atoms with Gasteiger partial charge in [0.1, 0.15) is 0 Å². The van der Waals surface area contributed by atoms with Gasteiger partial charge in [-0.2, -0.15) is 0 Å². The van der Waals surface area contributed by atoms with Crippen LogP contribution in [0.2, 0.25) is 0 Å². The van der Waals surface area contributed by atoms with Gasteiger partial charge >= 0.3 is 0 Å². The van der Waals surface area contributed by atoms with Crippen molar-refractivity contribution >= 4 is 42.4 Å². The highest BCUT2D eigenvalue weighted by Crippen LogP contribution is 2.32. The van der Waals surface area contributed by atoms with Crippen LogP contribution in [0, 0.1) is 6.92 Å². The van der Waals surface area contributed by atoms with Crippen LogP contribution in [0.25, 0.3) is 10.2 Å². The van der Waals surface area contributed by atoms with E-state index in [-0.39, 0.29) is 10.8 Å². The molecule has 0 aliphatic carbocycles. The number of carbonyl (C=O) groups excluding carboxylic acids is 1. The Morgan fingerprint density at radius 2 is 1.66 bits per heavy atom. The molecular formula is C25H24N2O3S2. The average molecular weight is 465 g/mol. The lowest BCUT2D eigenvalue weighted by atomic mass is 10.1. The molecule has 0 N–H and O–H groups in total. The molecule has 0 unspecified atom stereocenters. The van der Waals surface area contributed by atoms with Crippen LogP contribution in [-0.2, 0) is 16.4 Å². The number of rotatable bonds is 6. The van der Waals surface area contributed by atoms with Crippen molar-refractivity contribution < 1.29 is 13.2 Å². The predicted molar refractivity (Wildman–Crippen MR) is 130 cm³/mol. The van der Waals surface area contributed by atoms with Crippen molar-refractivity contribution in [2.24, 2.45) is 0 Å². The van der Waals surface area contributed by atoms with Gasteiger partial charge in [-0.25, -0.2) is 13.4 Å². The van der Waals surface area contributed by atoms with E-state index in [0.717, 1.165) is 21.3 Å². The smallest absolute Gasteiger partial charge is 0.260 e. The molecule has 0 aliphatic rings. The van der Waals surface area contributed by atoms with Gasteiger partial charge in [0.05, 0.1) is 26.9 Å². The van der Waals surface area contributed by atoms with Crippen molar-refractivity contribution in [1.82, 2.24) is 4.98 Å². The summed E-state index contributed by atoms with van der Waals surface area (Å²) in [5.74, 6) is -0.223. The number of sulfone groups is 1. The van der Waals surface area contributed by atoms with E-state index in [4.69, 9.17) is 4.98 Å². The third-order valence-corrected chi connectivity index (χ3v) is 8.53. The molecule has 0 atom stereocenters. The number of carbonyl (C=O) groups is 1. The summed E-state index contributed by atoms with van der Waals surface area (Å²) >= 11 is 1.47. The summed E-state index contributed by atoms with van der Waals surface area (Å²) in [6, 6.07) is 21.9. The van der Waals surface area contributed by atoms with Crippen molar-refractivity contribution in [3.63, 3.8) is 0 Å². The zero-order chi connectivity index (χ0) is 22.9. The first kappa shape index (κ1) is 22.2. The van der Waals surface area contributed by atoms with Crippen LogP contribution in [0.5, 0.6) is 0 Å². The Morgan fingerprint density at radius 1 is 0.969 bits per heavy atom. The molecule has 0 bridgehead atoms. The Balaban J connectivity index is 1.74. The van der Waals surface area contributed by atoms with Gasteiger partial charge in [0, 0.05) is 5.56 Å². The van der Waals surface area contributed by atoms with Crippen LogP contribution in [0.3, 0.4) is 0 Å². The average Bonchev–Trinajstić information content (AvgIpc) is 3.23. The number of thiazole rings is 1. The summed E-state index contributed by atoms with van der Waals surface area (Å²) in [6.07, 6.45) is 0. The molecule has 1 amide bonds. The molecule has 4 aromatic rings. The maximum atomic E-state index is 13.5. The Labute approximate surface area is 192 Å². The monoisotopic (exact) mass is 464 g/mol. The SMILES string of the molecule is Cc1cccc2sc(N(Cc3ccccc3)C(=O)c3ccc(S(=O)(=O)C(C)C)cc3)nc12. The number of benzene rings is 3. The number of hydrogen-bond acceptors (Lipinski definition) is 5. The summed E-state index contributed by atoms with van der Waals surface area (Å²) in [6.45, 7) is 5.66. The highest BCUT2D eigenvalue weighted by Gasteiger charge is 2.24. The van der Waals surface area contributed by atoms with E-state index < -0.39 is 15.1 Å². The Hall–Kier alpha value is -3.03. The van der Waals surface area contributed by atoms with Gasteiger partial charge in [-0.1, -0.05) is 53.8 Å². The molecule has 1 heterocycles. The fraction of sp³-hybridized carbons (Fsp3) is 0.200. The molecule has 3 aromatic carbocycles. The molecule has 4 rings (SSSR count). The van der Waals surface area contributed by atoms with Gasteiger partial charge in [0.25, 0.3) is 5.91 Å². The quantitative estimate of drug-likeness (QED) is 0.371. The Kier molecular flexibility index (Phi) is 6.13. The third-order valence-electron chi connectivity index (χ3n) is 5.32. The van der Waals surface area contributed by atoms with Crippen LogP contribution in [0.4, 0.5) is 5.13 Å². The number of anilines is 1. The van der Waals surface area contributed by atoms with Gasteiger partial charge in [-0.05, 0) is 62.2 Å². The second kappa shape index (κ2) is 8.84. The van der Waals surface area contributed by atoms with Gasteiger partial charge in [0.15, 0.2) is 15.0 Å². The lowest BCUT2D eigenvalue weighted by Gasteiger charge is -2.20. The number of fused-ring (bicyclic) bond motifs is 1. The number of hydrogen-bond donors (Lipinski definition) is 0. The lowest BCUT2D eigenvalue weighted by Crippen LogP contribution is -2.30. The first-order valence-electron chi connectivity index (χ1n) is 10.3. The number of aryl methyl sites for hydroxylation is 1. The van der Waals surface area contributed by atoms with E-state index >= 15 is 0 Å². The maximum Gasteiger partial charge on any atom is 0.260 e. The minimum absolute atomic E-state index is 0.217. The minimum Gasteiger partial charge on any atom is -0.279 e. The predicted octanol–water partition coefficient (Wildman–Crippen LogP) is 5.63. The molecule has 1 aromatic heterocycles. The summed E-state index contributed by atoms with van der Waals surface area (Å²) in [5.41, 5.74) is 3.34. The summed E-state index contributed by atoms with van der Waals surface area (Å²) in [4.78, 5) is 20.2. The zero-order valence-electron chi connectivity index (χ0n) is 18.1. The zero-order valence-corrected chi connectivity index (χ0v) is 19.8. The highest BCUT2D eigenvalue weighted by molar-refractivity contribution is 7.92. The third kappa shape index (κ3) is 4.31. The van der Waals surface area contributed by atoms with E-state index in [9.17, 15) is 13.2 Å². The van der Waals surface area contributed by atoms with Gasteiger partial charge in [0.2, 0.25) is 0 Å². The van der Waals surface area contributed by atoms with Crippen molar-refractivity contribution in [3.8, 4) is 0 Å². The molecule has 7 heteroatoms. The molecule has 0 radical (unpaired) electrons. The molecule has 32 heavy (non-hydrogen) atoms. The molecule has 164 valence electrons. The van der Waals surface area contributed by atoms with E-state index in [1.54, 1.807) is 30.9 Å². The van der Waals surface area contributed by atoms with E-state index in [1.807, 2.05) is 55.5 Å². The van der Waals surface area contributed by atoms with E-state index in [2.05, 4.69) is 0 Å². The van der Waals surface area contributed by atoms with Crippen LogP contribution in [0.15, 0.2) is 77.7 Å². The number of para-hydroxylation sites is 1. The summed E-state index contributed by atoms with van der Waals surface area (Å²) < 4.78 is 25.9. The fourth-order valence-corrected chi connectivity index (χ4v) is 5.50. The molecule has 5 nitrogen and oxygen atoms in total. The van der Waals surface area contributed by atoms with Gasteiger partial charge < -0.3 is 0 Å². The van der Waals surface area contributed by atoms with Crippen molar-refractivity contribution in [2.75, 3.05) is 4.90 Å². The molecule has 0 fully saturated rings. The largest absolute Gasteiger partial charge is 0.279 e. The standard InChI is InChI=1S/C25H24N2O3S2/c1-17(2)32(29,30)21-14-12-20(13-15-21)24(28)27(16-19-9-5-4-6-10-19)25-26-23-18(3)8-7-11-22(23)31-25/h4-15,17H,16H2,1-3H3. The summed E-state index contributed by atoms with van der Waals surface area (Å²) in [5, 5.41) is 0.0895. The normalized spacial score (nSPS) is 11.8. The second-order valence-corrected chi connectivity index (χ2v) is 11.4. The van der Waals surface area contributed by atoms with Crippen LogP contribution in [0.1, 0.15) is 35.3 Å². The van der Waals surface area contributed by atoms with Gasteiger partial charge in [-0.15, -0.1) is 0 Å². The van der Waals surface area contributed by atoms with Crippen LogP contribution < -0.4 is 4.90 Å². The first-order valence-corrected chi connectivity index (χ1v) is 12.7. The summed E-state index contributed by atoms with van der Waals surface area (Å²) in [7, 11) is -3.40. The second-order valence-electron chi connectivity index (χ2n) is 7.91. The molecule has 0 spiro atoms. The van der Waals surface area contributed by atoms with Crippen LogP contribution in [-0.4, -0.2) is 24.6 Å². The number of amides is 1. The molecule has 0 aliphatic heterocycles. The molecule has 0 saturated heterocycles. The lowest BCUT2D eigenvalue weighted by molar-refractivity contribution is 0.0985. The fourth-order valence-electron chi connectivity index (χ4n) is 3.40. The Bertz CT molecular complexity index is 1360. The van der Waals surface area contributed by atoms with Crippen molar-refractivity contribution in [2.45, 2.75) is 37.5 Å². The maximum absolute atomic E-state index is 13.5. The highest BCUT2D eigenvalue weighted by atomic mass is 32.2. The van der Waals surface area contributed by atoms with Crippen molar-refractivity contribution in [3.05, 3.63) is 89.5 Å². The number of aromatic nitrogens is 1. The minimum atomic E-state index is -3.40. The van der Waals surface area contributed by atoms with Gasteiger partial charge in [-0.3, -0.25) is 9.69 Å². The number of nitrogens with zero attached hydrogens (tertiary/aromatic N) is 2. The van der Waals surface area contributed by atoms with Crippen molar-refractivity contribution in [1.29, 1.82) is 0 Å². The van der Waals surface area contributed by atoms with E-state index in [1.165, 1.54) is 23.5 Å². The Morgan fingerprint density at radius 3 is 2.28 bits per heavy atom. The van der Waals surface area contributed by atoms with Crippen LogP contribution >= 0.6 is 11.3 Å². The molecule has 0 saturated carbocycles. The topological polar surface area (TPSA) is 67.3 Å².